The summed E-state index contributed by atoms with van der Waals surface area (Å²) in [6, 6.07) is 12.7. The number of halogens is 3. The van der Waals surface area contributed by atoms with Gasteiger partial charge < -0.3 is 5.32 Å². The minimum absolute atomic E-state index is 0.0254. The van der Waals surface area contributed by atoms with Crippen molar-refractivity contribution < 1.29 is 26.4 Å². The van der Waals surface area contributed by atoms with Crippen LogP contribution in [0.3, 0.4) is 0 Å². The molecule has 3 aromatic carbocycles. The van der Waals surface area contributed by atoms with E-state index in [1.54, 1.807) is 18.2 Å². The predicted octanol–water partition coefficient (Wildman–Crippen LogP) is 4.50. The molecule has 1 heterocycles. The lowest BCUT2D eigenvalue weighted by Gasteiger charge is -2.30. The van der Waals surface area contributed by atoms with Crippen LogP contribution in [0.1, 0.15) is 22.3 Å². The van der Waals surface area contributed by atoms with Crippen molar-refractivity contribution in [2.24, 2.45) is 0 Å². The van der Waals surface area contributed by atoms with Gasteiger partial charge >= 0.3 is 0 Å². The van der Waals surface area contributed by atoms with E-state index in [-0.39, 0.29) is 17.8 Å². The average Bonchev–Trinajstić information content (AvgIpc) is 2.76. The topological polar surface area (TPSA) is 66.5 Å². The Balaban J connectivity index is 1.68. The lowest BCUT2D eigenvalue weighted by Crippen LogP contribution is -2.36. The number of amides is 1. The van der Waals surface area contributed by atoms with E-state index in [1.807, 2.05) is 6.07 Å². The van der Waals surface area contributed by atoms with Crippen molar-refractivity contribution in [3.63, 3.8) is 0 Å². The molecule has 0 unspecified atom stereocenters. The smallest absolute Gasteiger partial charge is 0.267 e. The molecule has 1 aliphatic heterocycles. The molecule has 3 aromatic rings. The van der Waals surface area contributed by atoms with Crippen LogP contribution in [0.5, 0.6) is 0 Å². The highest BCUT2D eigenvalue weighted by Crippen LogP contribution is 2.33. The molecule has 0 radical (unpaired) electrons. The van der Waals surface area contributed by atoms with Gasteiger partial charge in [0.25, 0.3) is 15.9 Å². The number of anilines is 2. The summed E-state index contributed by atoms with van der Waals surface area (Å²) in [6.45, 7) is 0.185. The molecule has 9 heteroatoms. The Bertz CT molecular complexity index is 1280. The highest BCUT2D eigenvalue weighted by atomic mass is 32.2. The Labute approximate surface area is 177 Å². The lowest BCUT2D eigenvalue weighted by atomic mass is 10.0. The Morgan fingerprint density at radius 3 is 2.42 bits per heavy atom. The van der Waals surface area contributed by atoms with Crippen molar-refractivity contribution in [3.05, 3.63) is 89.2 Å². The number of aryl methyl sites for hydroxylation is 1. The first-order valence-electron chi connectivity index (χ1n) is 9.44. The van der Waals surface area contributed by atoms with Crippen LogP contribution in [0.4, 0.5) is 24.5 Å². The van der Waals surface area contributed by atoms with Crippen LogP contribution in [0.15, 0.2) is 65.6 Å². The van der Waals surface area contributed by atoms with Crippen LogP contribution >= 0.6 is 0 Å². The zero-order valence-electron chi connectivity index (χ0n) is 16.1. The van der Waals surface area contributed by atoms with E-state index in [2.05, 4.69) is 5.32 Å². The lowest BCUT2D eigenvalue weighted by molar-refractivity contribution is 0.102. The SMILES string of the molecule is O=C(Nc1ccc(F)c(F)c1)c1ccc(F)c(S(=O)(=O)N2CCCc3ccccc32)c1. The van der Waals surface area contributed by atoms with E-state index in [1.165, 1.54) is 0 Å². The summed E-state index contributed by atoms with van der Waals surface area (Å²) in [5, 5.41) is 2.34. The van der Waals surface area contributed by atoms with E-state index in [4.69, 9.17) is 0 Å². The van der Waals surface area contributed by atoms with Crippen molar-refractivity contribution in [2.45, 2.75) is 17.7 Å². The second-order valence-corrected chi connectivity index (χ2v) is 8.87. The van der Waals surface area contributed by atoms with Gasteiger partial charge in [0.1, 0.15) is 10.7 Å². The molecule has 0 aromatic heterocycles. The number of fused-ring (bicyclic) bond motifs is 1. The number of nitrogens with one attached hydrogen (secondary N) is 1. The van der Waals surface area contributed by atoms with Crippen molar-refractivity contribution in [2.75, 3.05) is 16.2 Å². The quantitative estimate of drug-likeness (QED) is 0.642. The van der Waals surface area contributed by atoms with Gasteiger partial charge in [-0.05, 0) is 54.8 Å². The summed E-state index contributed by atoms with van der Waals surface area (Å²) in [7, 11) is -4.28. The van der Waals surface area contributed by atoms with Crippen molar-refractivity contribution in [3.8, 4) is 0 Å². The van der Waals surface area contributed by atoms with Gasteiger partial charge in [0.2, 0.25) is 0 Å². The van der Waals surface area contributed by atoms with Gasteiger partial charge in [0.15, 0.2) is 11.6 Å². The van der Waals surface area contributed by atoms with Crippen LogP contribution in [0.25, 0.3) is 0 Å². The van der Waals surface area contributed by atoms with Crippen molar-refractivity contribution in [1.29, 1.82) is 0 Å². The highest BCUT2D eigenvalue weighted by Gasteiger charge is 2.31. The van der Waals surface area contributed by atoms with Crippen LogP contribution in [-0.4, -0.2) is 20.9 Å². The normalized spacial score (nSPS) is 13.6. The van der Waals surface area contributed by atoms with Gasteiger partial charge in [-0.3, -0.25) is 9.10 Å². The molecule has 4 rings (SSSR count). The average molecular weight is 446 g/mol. The van der Waals surface area contributed by atoms with Gasteiger partial charge in [0.05, 0.1) is 5.69 Å². The summed E-state index contributed by atoms with van der Waals surface area (Å²) in [4.78, 5) is 11.9. The fourth-order valence-corrected chi connectivity index (χ4v) is 5.12. The minimum Gasteiger partial charge on any atom is -0.322 e. The Morgan fingerprint density at radius 2 is 1.65 bits per heavy atom. The van der Waals surface area contributed by atoms with E-state index in [0.717, 1.165) is 46.3 Å². The third kappa shape index (κ3) is 4.00. The van der Waals surface area contributed by atoms with Crippen molar-refractivity contribution in [1.82, 2.24) is 0 Å². The molecule has 0 aliphatic carbocycles. The minimum atomic E-state index is -4.28. The third-order valence-corrected chi connectivity index (χ3v) is 6.83. The zero-order valence-corrected chi connectivity index (χ0v) is 16.9. The second kappa shape index (κ2) is 8.07. The van der Waals surface area contributed by atoms with E-state index < -0.39 is 38.3 Å². The summed E-state index contributed by atoms with van der Waals surface area (Å²) in [6.07, 6.45) is 1.29. The maximum atomic E-state index is 14.6. The molecular formula is C22H17F3N2O3S. The largest absolute Gasteiger partial charge is 0.322 e. The number of carbonyl (C=O) groups is 1. The van der Waals surface area contributed by atoms with Crippen molar-refractivity contribution >= 4 is 27.3 Å². The molecule has 0 spiro atoms. The number of sulfonamides is 1. The van der Waals surface area contributed by atoms with Crippen LogP contribution in [-0.2, 0) is 16.4 Å². The first-order valence-corrected chi connectivity index (χ1v) is 10.9. The first kappa shape index (κ1) is 20.9. The van der Waals surface area contributed by atoms with Gasteiger partial charge in [-0.2, -0.15) is 0 Å². The number of rotatable bonds is 4. The van der Waals surface area contributed by atoms with E-state index in [0.29, 0.717) is 18.5 Å². The van der Waals surface area contributed by atoms with Crippen LogP contribution in [0, 0.1) is 17.5 Å². The van der Waals surface area contributed by atoms with Gasteiger partial charge in [-0.1, -0.05) is 18.2 Å². The molecule has 1 N–H and O–H groups in total. The van der Waals surface area contributed by atoms with Crippen LogP contribution < -0.4 is 9.62 Å². The summed E-state index contributed by atoms with van der Waals surface area (Å²) < 4.78 is 68.6. The number of nitrogens with zero attached hydrogens (tertiary/aromatic N) is 1. The van der Waals surface area contributed by atoms with E-state index in [9.17, 15) is 26.4 Å². The molecule has 0 bridgehead atoms. The molecule has 0 saturated heterocycles. The first-order chi connectivity index (χ1) is 14.8. The van der Waals surface area contributed by atoms with E-state index >= 15 is 0 Å². The van der Waals surface area contributed by atoms with Gasteiger partial charge in [0, 0.05) is 23.9 Å². The second-order valence-electron chi connectivity index (χ2n) is 7.04. The summed E-state index contributed by atoms with van der Waals surface area (Å²) in [5.41, 5.74) is 1.15. The predicted molar refractivity (Wildman–Crippen MR) is 110 cm³/mol. The molecule has 31 heavy (non-hydrogen) atoms. The summed E-state index contributed by atoms with van der Waals surface area (Å²) >= 11 is 0. The molecule has 1 amide bonds. The van der Waals surface area contributed by atoms with Crippen LogP contribution in [0.2, 0.25) is 0 Å². The molecule has 0 fully saturated rings. The number of para-hydroxylation sites is 1. The molecule has 5 nitrogen and oxygen atoms in total. The Morgan fingerprint density at radius 1 is 0.903 bits per heavy atom. The number of hydrogen-bond donors (Lipinski definition) is 1. The highest BCUT2D eigenvalue weighted by molar-refractivity contribution is 7.92. The molecule has 0 atom stereocenters. The third-order valence-electron chi connectivity index (χ3n) is 5.01. The zero-order chi connectivity index (χ0) is 22.2. The maximum absolute atomic E-state index is 14.6. The Kier molecular flexibility index (Phi) is 5.45. The fourth-order valence-electron chi connectivity index (χ4n) is 3.49. The maximum Gasteiger partial charge on any atom is 0.267 e. The monoisotopic (exact) mass is 446 g/mol. The molecule has 0 saturated carbocycles. The Hall–Kier alpha value is -3.33. The molecule has 160 valence electrons. The van der Waals surface area contributed by atoms with Gasteiger partial charge in [-0.15, -0.1) is 0 Å². The van der Waals surface area contributed by atoms with Gasteiger partial charge in [-0.25, -0.2) is 21.6 Å². The standard InChI is InChI=1S/C22H17F3N2O3S/c23-17-10-8-16(13-19(17)25)26-22(28)15-7-9-18(24)21(12-15)31(29,30)27-11-3-5-14-4-1-2-6-20(14)27/h1-2,4,6-10,12-13H,3,5,11H2,(H,26,28). The number of carbonyl (C=O) groups excluding carboxylic acids is 1. The number of benzene rings is 3. The molecular weight excluding hydrogens is 429 g/mol. The fraction of sp³-hybridized carbons (Fsp3) is 0.136. The number of hydrogen-bond acceptors (Lipinski definition) is 3. The summed E-state index contributed by atoms with van der Waals surface area (Å²) in [5.74, 6) is -4.01. The molecule has 1 aliphatic rings.